The Bertz CT molecular complexity index is 999. The molecule has 1 saturated carbocycles. The first-order valence-corrected chi connectivity index (χ1v) is 11.0. The molecule has 1 aliphatic rings. The lowest BCUT2D eigenvalue weighted by Crippen LogP contribution is -2.24. The number of nitrogens with one attached hydrogen (secondary N) is 2. The Morgan fingerprint density at radius 3 is 2.62 bits per heavy atom. The Kier molecular flexibility index (Phi) is 6.78. The van der Waals surface area contributed by atoms with Gasteiger partial charge in [-0.3, -0.25) is 9.59 Å². The Morgan fingerprint density at radius 1 is 1.28 bits per heavy atom. The van der Waals surface area contributed by atoms with Crippen molar-refractivity contribution in [3.8, 4) is 6.07 Å². The molecular weight excluding hydrogens is 408 g/mol. The van der Waals surface area contributed by atoms with Crippen molar-refractivity contribution in [2.24, 2.45) is 0 Å². The summed E-state index contributed by atoms with van der Waals surface area (Å²) in [5, 5.41) is 15.9. The van der Waals surface area contributed by atoms with Gasteiger partial charge in [0.05, 0.1) is 21.7 Å². The molecule has 6 nitrogen and oxygen atoms in total. The number of nitrogens with zero attached hydrogens (tertiary/aromatic N) is 2. The summed E-state index contributed by atoms with van der Waals surface area (Å²) in [5.41, 5.74) is 2.21. The van der Waals surface area contributed by atoms with Crippen LogP contribution in [0.3, 0.4) is 0 Å². The van der Waals surface area contributed by atoms with E-state index in [2.05, 4.69) is 21.7 Å². The molecule has 1 aromatic carbocycles. The maximum absolute atomic E-state index is 12.9. The van der Waals surface area contributed by atoms with Crippen molar-refractivity contribution in [1.29, 1.82) is 5.26 Å². The van der Waals surface area contributed by atoms with Crippen molar-refractivity contribution < 1.29 is 9.59 Å². The summed E-state index contributed by atoms with van der Waals surface area (Å²) in [6, 6.07) is 8.53. The van der Waals surface area contributed by atoms with Crippen molar-refractivity contribution in [2.45, 2.75) is 37.1 Å². The molecule has 29 heavy (non-hydrogen) atoms. The summed E-state index contributed by atoms with van der Waals surface area (Å²) in [4.78, 5) is 29.6. The Balaban J connectivity index is 1.85. The van der Waals surface area contributed by atoms with Crippen LogP contribution in [0.4, 0.5) is 5.69 Å². The van der Waals surface area contributed by atoms with Gasteiger partial charge < -0.3 is 10.6 Å². The zero-order chi connectivity index (χ0) is 21.0. The van der Waals surface area contributed by atoms with E-state index in [1.54, 1.807) is 18.2 Å². The number of carbonyl (C=O) groups excluding carboxylic acids is 2. The lowest BCUT2D eigenvalue weighted by Gasteiger charge is -2.12. The van der Waals surface area contributed by atoms with Crippen LogP contribution >= 0.6 is 23.4 Å². The molecule has 0 unspecified atom stereocenters. The summed E-state index contributed by atoms with van der Waals surface area (Å²) in [5.74, 6) is -0.301. The molecule has 2 amide bonds. The number of aromatic nitrogens is 1. The first-order valence-electron chi connectivity index (χ1n) is 9.36. The summed E-state index contributed by atoms with van der Waals surface area (Å²) < 4.78 is 0. The molecule has 0 radical (unpaired) electrons. The number of hydrogen-bond donors (Lipinski definition) is 2. The maximum Gasteiger partial charge on any atom is 0.257 e. The van der Waals surface area contributed by atoms with E-state index in [1.165, 1.54) is 17.8 Å². The van der Waals surface area contributed by atoms with E-state index < -0.39 is 5.91 Å². The van der Waals surface area contributed by atoms with Gasteiger partial charge in [0, 0.05) is 23.8 Å². The third-order valence-electron chi connectivity index (χ3n) is 4.56. The molecule has 2 aromatic rings. The number of amides is 2. The molecule has 8 heteroatoms. The van der Waals surface area contributed by atoms with Crippen LogP contribution < -0.4 is 10.6 Å². The first-order chi connectivity index (χ1) is 14.0. The predicted octanol–water partition coefficient (Wildman–Crippen LogP) is 4.60. The highest BCUT2D eigenvalue weighted by atomic mass is 35.5. The molecule has 1 aliphatic carbocycles. The van der Waals surface area contributed by atoms with Crippen LogP contribution in [-0.4, -0.2) is 29.6 Å². The van der Waals surface area contributed by atoms with Crippen LogP contribution in [0.25, 0.3) is 0 Å². The van der Waals surface area contributed by atoms with Gasteiger partial charge in [0.15, 0.2) is 0 Å². The third kappa shape index (κ3) is 4.89. The van der Waals surface area contributed by atoms with E-state index >= 15 is 0 Å². The summed E-state index contributed by atoms with van der Waals surface area (Å²) in [7, 11) is 0. The van der Waals surface area contributed by atoms with Crippen molar-refractivity contribution >= 4 is 40.9 Å². The van der Waals surface area contributed by atoms with E-state index in [0.717, 1.165) is 25.0 Å². The number of benzene rings is 1. The first kappa shape index (κ1) is 21.2. The normalized spacial score (nSPS) is 12.9. The Labute approximate surface area is 179 Å². The fourth-order valence-corrected chi connectivity index (χ4v) is 3.70. The topological polar surface area (TPSA) is 94.9 Å². The lowest BCUT2D eigenvalue weighted by atomic mass is 10.1. The average molecular weight is 429 g/mol. The molecule has 150 valence electrons. The Hall–Kier alpha value is -2.56. The monoisotopic (exact) mass is 428 g/mol. The van der Waals surface area contributed by atoms with Gasteiger partial charge in [0.1, 0.15) is 11.1 Å². The van der Waals surface area contributed by atoms with Gasteiger partial charge in [-0.15, -0.1) is 11.8 Å². The van der Waals surface area contributed by atoms with Crippen LogP contribution in [0.15, 0.2) is 29.3 Å². The van der Waals surface area contributed by atoms with Gasteiger partial charge in [0.25, 0.3) is 11.8 Å². The van der Waals surface area contributed by atoms with Crippen molar-refractivity contribution in [1.82, 2.24) is 10.3 Å². The van der Waals surface area contributed by atoms with Crippen molar-refractivity contribution in [2.75, 3.05) is 18.1 Å². The van der Waals surface area contributed by atoms with Gasteiger partial charge in [0.2, 0.25) is 0 Å². The van der Waals surface area contributed by atoms with E-state index in [1.807, 2.05) is 13.2 Å². The molecule has 0 atom stereocenters. The van der Waals surface area contributed by atoms with Crippen molar-refractivity contribution in [3.05, 3.63) is 51.7 Å². The molecular formula is C21H21ClN4O2S. The fraction of sp³-hybridized carbons (Fsp3) is 0.333. The minimum atomic E-state index is -0.402. The van der Waals surface area contributed by atoms with Gasteiger partial charge in [-0.05, 0) is 49.8 Å². The molecule has 2 N–H and O–H groups in total. The van der Waals surface area contributed by atoms with Gasteiger partial charge >= 0.3 is 0 Å². The third-order valence-corrected chi connectivity index (χ3v) is 5.55. The summed E-state index contributed by atoms with van der Waals surface area (Å²) in [6.45, 7) is 2.53. The number of nitriles is 1. The molecule has 1 fully saturated rings. The van der Waals surface area contributed by atoms with E-state index in [9.17, 15) is 14.9 Å². The van der Waals surface area contributed by atoms with Crippen LogP contribution in [0.5, 0.6) is 0 Å². The predicted molar refractivity (Wildman–Crippen MR) is 115 cm³/mol. The largest absolute Gasteiger partial charge is 0.352 e. The highest BCUT2D eigenvalue weighted by Crippen LogP contribution is 2.40. The molecule has 1 heterocycles. The van der Waals surface area contributed by atoms with Crippen LogP contribution in [0.1, 0.15) is 64.1 Å². The standard InChI is InChI=1S/C21H21ClN4O2S/c1-3-8-24-19(27)14-7-6-13(9-17(14)22)25-20(28)15-10-18(12-4-5-12)26-21(29-2)16(15)11-23/h6-7,9-10,12H,3-5,8H2,1-2H3,(H,24,27)(H,25,28). The second kappa shape index (κ2) is 9.29. The zero-order valence-corrected chi connectivity index (χ0v) is 17.8. The zero-order valence-electron chi connectivity index (χ0n) is 16.2. The van der Waals surface area contributed by atoms with E-state index in [4.69, 9.17) is 11.6 Å². The summed E-state index contributed by atoms with van der Waals surface area (Å²) >= 11 is 7.59. The van der Waals surface area contributed by atoms with Crippen LogP contribution in [0.2, 0.25) is 5.02 Å². The number of halogens is 1. The van der Waals surface area contributed by atoms with Gasteiger partial charge in [-0.1, -0.05) is 18.5 Å². The molecule has 0 spiro atoms. The molecule has 1 aromatic heterocycles. The number of hydrogen-bond acceptors (Lipinski definition) is 5. The van der Waals surface area contributed by atoms with Crippen LogP contribution in [0, 0.1) is 11.3 Å². The maximum atomic E-state index is 12.9. The number of thioether (sulfide) groups is 1. The number of pyridine rings is 1. The fourth-order valence-electron chi connectivity index (χ4n) is 2.87. The Morgan fingerprint density at radius 2 is 2.03 bits per heavy atom. The number of carbonyl (C=O) groups is 2. The molecule has 0 aliphatic heterocycles. The summed E-state index contributed by atoms with van der Waals surface area (Å²) in [6.07, 6.45) is 4.76. The second-order valence-electron chi connectivity index (χ2n) is 6.77. The molecule has 0 saturated heterocycles. The average Bonchev–Trinajstić information content (AvgIpc) is 3.56. The number of anilines is 1. The highest BCUT2D eigenvalue weighted by molar-refractivity contribution is 7.98. The smallest absolute Gasteiger partial charge is 0.257 e. The van der Waals surface area contributed by atoms with E-state index in [0.29, 0.717) is 34.3 Å². The van der Waals surface area contributed by atoms with Crippen molar-refractivity contribution in [3.63, 3.8) is 0 Å². The van der Waals surface area contributed by atoms with Gasteiger partial charge in [-0.25, -0.2) is 4.98 Å². The molecule has 3 rings (SSSR count). The number of rotatable bonds is 7. The highest BCUT2D eigenvalue weighted by Gasteiger charge is 2.28. The second-order valence-corrected chi connectivity index (χ2v) is 7.97. The van der Waals surface area contributed by atoms with E-state index in [-0.39, 0.29) is 16.5 Å². The SMILES string of the molecule is CCCNC(=O)c1ccc(NC(=O)c2cc(C3CC3)nc(SC)c2C#N)cc1Cl. The lowest BCUT2D eigenvalue weighted by molar-refractivity contribution is 0.0953. The minimum absolute atomic E-state index is 0.245. The quantitative estimate of drug-likeness (QED) is 0.628. The van der Waals surface area contributed by atoms with Crippen LogP contribution in [-0.2, 0) is 0 Å². The van der Waals surface area contributed by atoms with Gasteiger partial charge in [-0.2, -0.15) is 5.26 Å². The molecule has 0 bridgehead atoms. The minimum Gasteiger partial charge on any atom is -0.352 e.